The number of pyridine rings is 1. The zero-order valence-electron chi connectivity index (χ0n) is 23.5. The normalized spacial score (nSPS) is 22.3. The van der Waals surface area contributed by atoms with Crippen LogP contribution in [0.2, 0.25) is 0 Å². The average Bonchev–Trinajstić information content (AvgIpc) is 2.81. The first-order valence-corrected chi connectivity index (χ1v) is 13.9. The van der Waals surface area contributed by atoms with Crippen molar-refractivity contribution in [1.82, 2.24) is 15.2 Å². The maximum absolute atomic E-state index is 12.4. The third-order valence-electron chi connectivity index (χ3n) is 7.34. The zero-order chi connectivity index (χ0) is 28.2. The van der Waals surface area contributed by atoms with Gasteiger partial charge < -0.3 is 34.9 Å². The van der Waals surface area contributed by atoms with Crippen LogP contribution in [0.15, 0.2) is 12.1 Å². The van der Waals surface area contributed by atoms with Crippen LogP contribution in [-0.2, 0) is 31.8 Å². The second kappa shape index (κ2) is 12.0. The molecule has 1 saturated heterocycles. The Morgan fingerprint density at radius 3 is 2.69 bits per heavy atom. The summed E-state index contributed by atoms with van der Waals surface area (Å²) in [6.07, 6.45) is 5.07. The van der Waals surface area contributed by atoms with Crippen molar-refractivity contribution in [2.75, 3.05) is 31.6 Å². The van der Waals surface area contributed by atoms with Crippen molar-refractivity contribution in [2.45, 2.75) is 96.0 Å². The number of carbonyl (C=O) groups excluding carboxylic acids is 2. The standard InChI is InChI=1S/C28H42N4O7/c1-27(2,3)39-26(36)32-16-28(4,17-32)38-25(35)31-22(24(33)34)11-13-37-21-14-18(15-21)7-9-20-10-8-19-6-5-12-29-23(19)30-20/h8,10,18,21-22H,5-7,9,11-17H2,1-4H3,(H,29,30)(H,31,35)(H,33,34)/t18?,21?,22-/m0/s1. The highest BCUT2D eigenvalue weighted by Crippen LogP contribution is 2.34. The third kappa shape index (κ3) is 8.20. The van der Waals surface area contributed by atoms with Crippen LogP contribution in [0.4, 0.5) is 15.4 Å². The highest BCUT2D eigenvalue weighted by Gasteiger charge is 2.46. The molecule has 1 atom stereocenters. The lowest BCUT2D eigenvalue weighted by Gasteiger charge is -2.46. The van der Waals surface area contributed by atoms with Crippen molar-refractivity contribution >= 4 is 24.0 Å². The van der Waals surface area contributed by atoms with Gasteiger partial charge in [0.15, 0.2) is 0 Å². The fourth-order valence-corrected chi connectivity index (χ4v) is 5.19. The number of aryl methyl sites for hydroxylation is 2. The van der Waals surface area contributed by atoms with Gasteiger partial charge in [-0.3, -0.25) is 0 Å². The number of fused-ring (bicyclic) bond motifs is 1. The average molecular weight is 547 g/mol. The number of likely N-dealkylation sites (tertiary alicyclic amines) is 1. The Morgan fingerprint density at radius 1 is 1.26 bits per heavy atom. The summed E-state index contributed by atoms with van der Waals surface area (Å²) in [5.41, 5.74) is 0.900. The Labute approximate surface area is 230 Å². The summed E-state index contributed by atoms with van der Waals surface area (Å²) >= 11 is 0. The Balaban J connectivity index is 1.10. The minimum Gasteiger partial charge on any atom is -0.480 e. The van der Waals surface area contributed by atoms with Crippen molar-refractivity contribution in [1.29, 1.82) is 0 Å². The van der Waals surface area contributed by atoms with Crippen molar-refractivity contribution in [3.8, 4) is 0 Å². The van der Waals surface area contributed by atoms with Gasteiger partial charge in [-0.25, -0.2) is 19.4 Å². The first-order chi connectivity index (χ1) is 18.4. The van der Waals surface area contributed by atoms with E-state index in [0.29, 0.717) is 5.92 Å². The Bertz CT molecular complexity index is 1040. The van der Waals surface area contributed by atoms with Crippen LogP contribution in [0.5, 0.6) is 0 Å². The molecule has 216 valence electrons. The van der Waals surface area contributed by atoms with E-state index in [1.165, 1.54) is 10.5 Å². The molecule has 39 heavy (non-hydrogen) atoms. The van der Waals surface area contributed by atoms with E-state index < -0.39 is 35.4 Å². The number of aliphatic carboxylic acids is 1. The molecule has 3 heterocycles. The molecule has 0 unspecified atom stereocenters. The number of aromatic nitrogens is 1. The molecule has 0 radical (unpaired) electrons. The molecular formula is C28H42N4O7. The van der Waals surface area contributed by atoms with E-state index in [1.807, 2.05) is 0 Å². The van der Waals surface area contributed by atoms with Crippen molar-refractivity contribution in [3.63, 3.8) is 0 Å². The van der Waals surface area contributed by atoms with Crippen LogP contribution in [-0.4, -0.2) is 82.7 Å². The van der Waals surface area contributed by atoms with Gasteiger partial charge in [0.25, 0.3) is 0 Å². The van der Waals surface area contributed by atoms with E-state index in [9.17, 15) is 19.5 Å². The number of hydrogen-bond acceptors (Lipinski definition) is 8. The number of amides is 2. The van der Waals surface area contributed by atoms with Crippen LogP contribution in [0.3, 0.4) is 0 Å². The fraction of sp³-hybridized carbons (Fsp3) is 0.714. The molecule has 3 aliphatic rings. The lowest BCUT2D eigenvalue weighted by atomic mass is 9.79. The van der Waals surface area contributed by atoms with Crippen molar-refractivity contribution in [2.24, 2.45) is 5.92 Å². The molecule has 1 aromatic rings. The first-order valence-electron chi connectivity index (χ1n) is 13.9. The first kappa shape index (κ1) is 28.9. The number of carbonyl (C=O) groups is 3. The van der Waals surface area contributed by atoms with E-state index in [1.54, 1.807) is 27.7 Å². The van der Waals surface area contributed by atoms with Gasteiger partial charge in [0, 0.05) is 25.3 Å². The van der Waals surface area contributed by atoms with Crippen LogP contribution in [0.25, 0.3) is 0 Å². The minimum absolute atomic E-state index is 0.113. The SMILES string of the molecule is CC(C)(C)OC(=O)N1CC(C)(OC(=O)N[C@@H](CCOC2CC(CCc3ccc4c(n3)NCCC4)C2)C(=O)O)C1. The molecule has 3 N–H and O–H groups in total. The van der Waals surface area contributed by atoms with Gasteiger partial charge in [0.1, 0.15) is 23.1 Å². The number of alkyl carbamates (subject to hydrolysis) is 1. The predicted molar refractivity (Wildman–Crippen MR) is 144 cm³/mol. The minimum atomic E-state index is -1.15. The maximum Gasteiger partial charge on any atom is 0.410 e. The highest BCUT2D eigenvalue weighted by molar-refractivity contribution is 5.80. The van der Waals surface area contributed by atoms with E-state index in [0.717, 1.165) is 56.6 Å². The quantitative estimate of drug-likeness (QED) is 0.400. The van der Waals surface area contributed by atoms with Gasteiger partial charge in [-0.05, 0) is 83.8 Å². The predicted octanol–water partition coefficient (Wildman–Crippen LogP) is 3.75. The van der Waals surface area contributed by atoms with E-state index >= 15 is 0 Å². The summed E-state index contributed by atoms with van der Waals surface area (Å²) in [7, 11) is 0. The molecule has 11 heteroatoms. The van der Waals surface area contributed by atoms with Gasteiger partial charge >= 0.3 is 18.2 Å². The molecule has 2 fully saturated rings. The molecule has 1 aliphatic carbocycles. The number of carboxylic acids is 1. The fourth-order valence-electron chi connectivity index (χ4n) is 5.19. The van der Waals surface area contributed by atoms with Gasteiger partial charge in [0.2, 0.25) is 0 Å². The largest absolute Gasteiger partial charge is 0.480 e. The zero-order valence-corrected chi connectivity index (χ0v) is 23.5. The summed E-state index contributed by atoms with van der Waals surface area (Å²) in [5.74, 6) is 0.458. The summed E-state index contributed by atoms with van der Waals surface area (Å²) in [4.78, 5) is 42.3. The number of hydrogen-bond donors (Lipinski definition) is 3. The van der Waals surface area contributed by atoms with Crippen LogP contribution in [0, 0.1) is 5.92 Å². The Hall–Kier alpha value is -3.08. The topological polar surface area (TPSA) is 139 Å². The summed E-state index contributed by atoms with van der Waals surface area (Å²) < 4.78 is 16.6. The summed E-state index contributed by atoms with van der Waals surface area (Å²) in [6, 6.07) is 3.19. The lowest BCUT2D eigenvalue weighted by molar-refractivity contribution is -0.140. The molecular weight excluding hydrogens is 504 g/mol. The third-order valence-corrected chi connectivity index (χ3v) is 7.34. The molecule has 1 saturated carbocycles. The Morgan fingerprint density at radius 2 is 2.00 bits per heavy atom. The van der Waals surface area contributed by atoms with Gasteiger partial charge in [-0.2, -0.15) is 0 Å². The lowest BCUT2D eigenvalue weighted by Crippen LogP contribution is -2.65. The molecule has 2 amide bonds. The van der Waals surface area contributed by atoms with Crippen LogP contribution in [0.1, 0.15) is 71.1 Å². The Kier molecular flexibility index (Phi) is 8.88. The molecule has 4 rings (SSSR count). The van der Waals surface area contributed by atoms with Crippen molar-refractivity contribution < 1.29 is 33.7 Å². The van der Waals surface area contributed by atoms with Gasteiger partial charge in [-0.1, -0.05) is 6.07 Å². The second-order valence-corrected chi connectivity index (χ2v) is 12.2. The molecule has 2 aliphatic heterocycles. The number of carboxylic acid groups (broad SMARTS) is 1. The number of ether oxygens (including phenoxy) is 3. The summed E-state index contributed by atoms with van der Waals surface area (Å²) in [6.45, 7) is 8.60. The number of nitrogens with zero attached hydrogens (tertiary/aromatic N) is 2. The second-order valence-electron chi connectivity index (χ2n) is 12.2. The molecule has 0 bridgehead atoms. The molecule has 0 spiro atoms. The van der Waals surface area contributed by atoms with E-state index in [-0.39, 0.29) is 32.2 Å². The number of nitrogens with one attached hydrogen (secondary N) is 2. The number of anilines is 1. The van der Waals surface area contributed by atoms with E-state index in [2.05, 4.69) is 22.8 Å². The van der Waals surface area contributed by atoms with E-state index in [4.69, 9.17) is 19.2 Å². The van der Waals surface area contributed by atoms with Gasteiger partial charge in [-0.15, -0.1) is 0 Å². The van der Waals surface area contributed by atoms with Crippen molar-refractivity contribution in [3.05, 3.63) is 23.4 Å². The molecule has 1 aromatic heterocycles. The highest BCUT2D eigenvalue weighted by atomic mass is 16.6. The monoisotopic (exact) mass is 546 g/mol. The van der Waals surface area contributed by atoms with Crippen LogP contribution >= 0.6 is 0 Å². The summed E-state index contributed by atoms with van der Waals surface area (Å²) in [5, 5.41) is 15.3. The molecule has 0 aromatic carbocycles. The number of rotatable bonds is 10. The van der Waals surface area contributed by atoms with Crippen LogP contribution < -0.4 is 10.6 Å². The smallest absolute Gasteiger partial charge is 0.410 e. The molecule has 11 nitrogen and oxygen atoms in total. The maximum atomic E-state index is 12.4. The van der Waals surface area contributed by atoms with Gasteiger partial charge in [0.05, 0.1) is 19.2 Å².